The average Bonchev–Trinajstić information content (AvgIpc) is 3.62. The van der Waals surface area contributed by atoms with Gasteiger partial charge < -0.3 is 9.80 Å². The van der Waals surface area contributed by atoms with E-state index in [1.165, 1.54) is 104 Å². The van der Waals surface area contributed by atoms with E-state index in [0.717, 1.165) is 25.7 Å². The molecule has 2 aliphatic heterocycles. The summed E-state index contributed by atoms with van der Waals surface area (Å²) in [6, 6.07) is 53.6. The Morgan fingerprint density at radius 1 is 0.444 bits per heavy atom. The van der Waals surface area contributed by atoms with E-state index in [4.69, 9.17) is 0 Å². The van der Waals surface area contributed by atoms with Gasteiger partial charge in [0.05, 0.1) is 5.69 Å². The van der Waals surface area contributed by atoms with Gasteiger partial charge in [0.1, 0.15) is 0 Å². The van der Waals surface area contributed by atoms with Crippen LogP contribution in [0.2, 0.25) is 0 Å². The topological polar surface area (TPSA) is 6.48 Å². The number of thiophene rings is 1. The monoisotopic (exact) mass is 714 g/mol. The van der Waals surface area contributed by atoms with E-state index in [9.17, 15) is 0 Å². The molecule has 10 rings (SSSR count). The van der Waals surface area contributed by atoms with Gasteiger partial charge >= 0.3 is 0 Å². The maximum absolute atomic E-state index is 2.60. The standard InChI is InChI=1S/C50H43BN2S/c1-5-32-19-24-36(25-20-32)52-44-27-22-34(7-3)30-41(44)51-42-31-35(8-4)23-28-45(42)53(47-17-12-16-46(52)49(47)51)43-26-21-33(6-2)29-40(43)39-15-11-14-38-37-13-9-10-18-48(37)54-50(38)39/h9-31H,5-8H2,1-4H3. The Bertz CT molecular complexity index is 2740. The second-order valence-electron chi connectivity index (χ2n) is 14.8. The van der Waals surface area contributed by atoms with Crippen molar-refractivity contribution >= 4 is 88.7 Å². The number of hydrogen-bond acceptors (Lipinski definition) is 3. The zero-order valence-corrected chi connectivity index (χ0v) is 32.3. The molecule has 0 atom stereocenters. The quantitative estimate of drug-likeness (QED) is 0.152. The molecule has 0 N–H and O–H groups in total. The molecule has 0 saturated carbocycles. The van der Waals surface area contributed by atoms with E-state index < -0.39 is 0 Å². The lowest BCUT2D eigenvalue weighted by molar-refractivity contribution is 1.13. The summed E-state index contributed by atoms with van der Waals surface area (Å²) in [5, 5.41) is 2.66. The summed E-state index contributed by atoms with van der Waals surface area (Å²) in [7, 11) is 0. The zero-order chi connectivity index (χ0) is 36.5. The molecule has 0 amide bonds. The highest BCUT2D eigenvalue weighted by Crippen LogP contribution is 2.49. The molecule has 7 aromatic carbocycles. The maximum Gasteiger partial charge on any atom is 0.252 e. The first-order valence-corrected chi connectivity index (χ1v) is 20.5. The van der Waals surface area contributed by atoms with Gasteiger partial charge in [0, 0.05) is 59.7 Å². The van der Waals surface area contributed by atoms with Gasteiger partial charge in [-0.3, -0.25) is 0 Å². The van der Waals surface area contributed by atoms with Gasteiger partial charge in [-0.25, -0.2) is 0 Å². The summed E-state index contributed by atoms with van der Waals surface area (Å²) in [6.07, 6.45) is 4.01. The molecule has 4 heteroatoms. The Balaban J connectivity index is 1.28. The fourth-order valence-electron chi connectivity index (χ4n) is 9.07. The smallest absolute Gasteiger partial charge is 0.252 e. The molecule has 0 fully saturated rings. The number of aryl methyl sites for hydroxylation is 4. The Kier molecular flexibility index (Phi) is 8.00. The number of benzene rings is 7. The van der Waals surface area contributed by atoms with Crippen molar-refractivity contribution in [3.8, 4) is 11.1 Å². The van der Waals surface area contributed by atoms with Crippen LogP contribution >= 0.6 is 11.3 Å². The number of hydrogen-bond donors (Lipinski definition) is 0. The van der Waals surface area contributed by atoms with Gasteiger partial charge in [-0.2, -0.15) is 0 Å². The van der Waals surface area contributed by atoms with Crippen molar-refractivity contribution < 1.29 is 0 Å². The van der Waals surface area contributed by atoms with Gasteiger partial charge in [0.25, 0.3) is 6.71 Å². The Morgan fingerprint density at radius 2 is 1.00 bits per heavy atom. The van der Waals surface area contributed by atoms with E-state index in [1.807, 2.05) is 11.3 Å². The van der Waals surface area contributed by atoms with Gasteiger partial charge in [-0.1, -0.05) is 113 Å². The molecular weight excluding hydrogens is 671 g/mol. The number of fused-ring (bicyclic) bond motifs is 7. The molecule has 0 radical (unpaired) electrons. The minimum atomic E-state index is 0.117. The SMILES string of the molecule is CCc1ccc(N2c3ccc(CC)cc3B3c4cc(CC)ccc4N(c4ccc(CC)cc4-c4cccc5c4sc4ccccc45)c4cccc2c43)cc1. The van der Waals surface area contributed by atoms with Crippen molar-refractivity contribution in [2.75, 3.05) is 9.80 Å². The minimum absolute atomic E-state index is 0.117. The van der Waals surface area contributed by atoms with Crippen LogP contribution in [0.15, 0.2) is 140 Å². The van der Waals surface area contributed by atoms with Crippen LogP contribution in [0, 0.1) is 0 Å². The van der Waals surface area contributed by atoms with Crippen LogP contribution in [-0.4, -0.2) is 6.71 Å². The minimum Gasteiger partial charge on any atom is -0.311 e. The first kappa shape index (κ1) is 33.0. The molecule has 0 spiro atoms. The zero-order valence-electron chi connectivity index (χ0n) is 31.5. The number of rotatable bonds is 7. The van der Waals surface area contributed by atoms with Crippen molar-refractivity contribution in [1.82, 2.24) is 0 Å². The predicted octanol–water partition coefficient (Wildman–Crippen LogP) is 12.1. The molecule has 0 bridgehead atoms. The van der Waals surface area contributed by atoms with Gasteiger partial charge in [0.2, 0.25) is 0 Å². The van der Waals surface area contributed by atoms with Crippen molar-refractivity contribution in [3.63, 3.8) is 0 Å². The fraction of sp³-hybridized carbons (Fsp3) is 0.160. The summed E-state index contributed by atoms with van der Waals surface area (Å²) in [5.41, 5.74) is 19.7. The fourth-order valence-corrected chi connectivity index (χ4v) is 10.3. The third-order valence-corrected chi connectivity index (χ3v) is 13.2. The lowest BCUT2D eigenvalue weighted by Crippen LogP contribution is -2.61. The highest BCUT2D eigenvalue weighted by atomic mass is 32.1. The average molecular weight is 715 g/mol. The van der Waals surface area contributed by atoms with Crippen LogP contribution in [0.4, 0.5) is 34.1 Å². The molecule has 0 saturated heterocycles. The number of nitrogens with zero attached hydrogens (tertiary/aromatic N) is 2. The molecule has 54 heavy (non-hydrogen) atoms. The normalized spacial score (nSPS) is 13.0. The van der Waals surface area contributed by atoms with Crippen molar-refractivity contribution in [2.24, 2.45) is 0 Å². The van der Waals surface area contributed by atoms with E-state index >= 15 is 0 Å². The lowest BCUT2D eigenvalue weighted by atomic mass is 9.33. The molecule has 1 aromatic heterocycles. The first-order chi connectivity index (χ1) is 26.6. The van der Waals surface area contributed by atoms with Gasteiger partial charge in [0.15, 0.2) is 0 Å². The molecule has 2 nitrogen and oxygen atoms in total. The van der Waals surface area contributed by atoms with Crippen molar-refractivity contribution in [1.29, 1.82) is 0 Å². The maximum atomic E-state index is 2.60. The highest BCUT2D eigenvalue weighted by molar-refractivity contribution is 7.26. The van der Waals surface area contributed by atoms with E-state index in [2.05, 4.69) is 177 Å². The molecule has 262 valence electrons. The van der Waals surface area contributed by atoms with Crippen LogP contribution in [0.3, 0.4) is 0 Å². The van der Waals surface area contributed by atoms with Crippen molar-refractivity contribution in [2.45, 2.75) is 53.4 Å². The molecule has 0 unspecified atom stereocenters. The third-order valence-electron chi connectivity index (χ3n) is 11.9. The van der Waals surface area contributed by atoms with Crippen LogP contribution in [-0.2, 0) is 25.7 Å². The van der Waals surface area contributed by atoms with Crippen molar-refractivity contribution in [3.05, 3.63) is 162 Å². The summed E-state index contributed by atoms with van der Waals surface area (Å²) in [4.78, 5) is 5.12. The van der Waals surface area contributed by atoms with Crippen LogP contribution in [0.25, 0.3) is 31.3 Å². The Morgan fingerprint density at radius 3 is 1.69 bits per heavy atom. The second kappa shape index (κ2) is 13.1. The largest absolute Gasteiger partial charge is 0.311 e. The van der Waals surface area contributed by atoms with Crippen LogP contribution in [0.1, 0.15) is 49.9 Å². The van der Waals surface area contributed by atoms with E-state index in [1.54, 1.807) is 0 Å². The molecule has 8 aromatic rings. The predicted molar refractivity (Wildman–Crippen MR) is 236 cm³/mol. The molecule has 2 aliphatic rings. The summed E-state index contributed by atoms with van der Waals surface area (Å²) in [6.45, 7) is 9.17. The molecule has 3 heterocycles. The van der Waals surface area contributed by atoms with E-state index in [-0.39, 0.29) is 6.71 Å². The van der Waals surface area contributed by atoms with Gasteiger partial charge in [-0.15, -0.1) is 11.3 Å². The molecule has 0 aliphatic carbocycles. The highest BCUT2D eigenvalue weighted by Gasteiger charge is 2.43. The van der Waals surface area contributed by atoms with Crippen LogP contribution in [0.5, 0.6) is 0 Å². The summed E-state index contributed by atoms with van der Waals surface area (Å²) >= 11 is 1.91. The molecular formula is C50H43BN2S. The number of anilines is 6. The van der Waals surface area contributed by atoms with Gasteiger partial charge in [-0.05, 0) is 119 Å². The first-order valence-electron chi connectivity index (χ1n) is 19.7. The van der Waals surface area contributed by atoms with E-state index in [0.29, 0.717) is 0 Å². The lowest BCUT2D eigenvalue weighted by Gasteiger charge is -2.44. The Labute approximate surface area is 323 Å². The second-order valence-corrected chi connectivity index (χ2v) is 15.9. The van der Waals surface area contributed by atoms with Crippen LogP contribution < -0.4 is 26.2 Å². The third kappa shape index (κ3) is 5.00. The Hall–Kier alpha value is -5.58. The summed E-state index contributed by atoms with van der Waals surface area (Å²) in [5.74, 6) is 0. The summed E-state index contributed by atoms with van der Waals surface area (Å²) < 4.78 is 2.68.